The summed E-state index contributed by atoms with van der Waals surface area (Å²) in [6.07, 6.45) is 3.68. The summed E-state index contributed by atoms with van der Waals surface area (Å²) < 4.78 is 38.5. The molecule has 1 aromatic carbocycles. The topological polar surface area (TPSA) is 143 Å². The van der Waals surface area contributed by atoms with E-state index in [1.807, 2.05) is 7.05 Å². The molecule has 0 bridgehead atoms. The van der Waals surface area contributed by atoms with Crippen LogP contribution in [0, 0.1) is 5.92 Å². The number of ether oxygens (including phenoxy) is 2. The van der Waals surface area contributed by atoms with E-state index in [1.54, 1.807) is 39.0 Å². The summed E-state index contributed by atoms with van der Waals surface area (Å²) in [6.45, 7) is 10.9. The zero-order valence-electron chi connectivity index (χ0n) is 23.5. The summed E-state index contributed by atoms with van der Waals surface area (Å²) >= 11 is 0. The van der Waals surface area contributed by atoms with Gasteiger partial charge in [-0.15, -0.1) is 6.58 Å². The Labute approximate surface area is 231 Å². The highest BCUT2D eigenvalue weighted by atomic mass is 32.2. The van der Waals surface area contributed by atoms with Crippen LogP contribution in [0.5, 0.6) is 0 Å². The number of unbranched alkanes of at least 4 members (excludes halogenated alkanes) is 1. The Balaban J connectivity index is 1.95. The van der Waals surface area contributed by atoms with Crippen molar-refractivity contribution in [3.63, 3.8) is 0 Å². The van der Waals surface area contributed by atoms with Crippen LogP contribution in [0.4, 0.5) is 10.5 Å². The van der Waals surface area contributed by atoms with Crippen molar-refractivity contribution in [2.24, 2.45) is 5.92 Å². The number of hydrogen-bond donors (Lipinski definition) is 3. The molecule has 0 heterocycles. The fraction of sp³-hybridized carbons (Fsp3) is 0.593. The molecule has 218 valence electrons. The fourth-order valence-electron chi connectivity index (χ4n) is 4.07. The average Bonchev–Trinajstić information content (AvgIpc) is 3.56. The van der Waals surface area contributed by atoms with E-state index in [9.17, 15) is 22.8 Å². The number of nitrogens with zero attached hydrogens (tertiary/aromatic N) is 1. The van der Waals surface area contributed by atoms with Gasteiger partial charge < -0.3 is 25.0 Å². The lowest BCUT2D eigenvalue weighted by molar-refractivity contribution is -0.140. The molecule has 0 aliphatic heterocycles. The minimum atomic E-state index is -4.25. The maximum Gasteiger partial charge on any atom is 0.408 e. The van der Waals surface area contributed by atoms with Crippen molar-refractivity contribution in [1.29, 1.82) is 0 Å². The molecule has 0 radical (unpaired) electrons. The summed E-state index contributed by atoms with van der Waals surface area (Å²) in [5.74, 6) is -1.49. The predicted molar refractivity (Wildman–Crippen MR) is 149 cm³/mol. The van der Waals surface area contributed by atoms with Gasteiger partial charge in [0.2, 0.25) is 0 Å². The van der Waals surface area contributed by atoms with E-state index in [1.165, 1.54) is 19.3 Å². The lowest BCUT2D eigenvalue weighted by Crippen LogP contribution is -2.52. The number of sulfonamides is 1. The first-order valence-corrected chi connectivity index (χ1v) is 14.5. The van der Waals surface area contributed by atoms with E-state index >= 15 is 0 Å². The second-order valence-electron chi connectivity index (χ2n) is 10.7. The summed E-state index contributed by atoms with van der Waals surface area (Å²) in [7, 11) is -0.886. The SMILES string of the molecule is C=C[C@@H]1C[C@]1(NC(=O)OC(C)(C)C)C(=O)NS(=O)(=O)c1ccccc1NCCCCN(C)CCCC(=O)OC. The largest absolute Gasteiger partial charge is 0.469 e. The van der Waals surface area contributed by atoms with Crippen molar-refractivity contribution in [2.45, 2.75) is 68.9 Å². The Bertz CT molecular complexity index is 1130. The van der Waals surface area contributed by atoms with Crippen molar-refractivity contribution in [3.05, 3.63) is 36.9 Å². The first kappa shape index (κ1) is 32.1. The maximum atomic E-state index is 13.2. The summed E-state index contributed by atoms with van der Waals surface area (Å²) in [6, 6.07) is 6.33. The second-order valence-corrected chi connectivity index (χ2v) is 12.3. The molecular formula is C27H42N4O7S. The smallest absolute Gasteiger partial charge is 0.408 e. The predicted octanol–water partition coefficient (Wildman–Crippen LogP) is 3.04. The van der Waals surface area contributed by atoms with Crippen LogP contribution >= 0.6 is 0 Å². The number of hydrogen-bond acceptors (Lipinski definition) is 9. The number of amides is 2. The van der Waals surface area contributed by atoms with Crippen LogP contribution in [-0.4, -0.2) is 76.2 Å². The van der Waals surface area contributed by atoms with Gasteiger partial charge >= 0.3 is 12.1 Å². The molecule has 2 rings (SSSR count). The normalized spacial score (nSPS) is 18.7. The van der Waals surface area contributed by atoms with Gasteiger partial charge in [0.15, 0.2) is 0 Å². The third-order valence-corrected chi connectivity index (χ3v) is 7.65. The standard InChI is InChI=1S/C27H42N4O7S/c1-7-20-19-27(20,29-25(34)38-26(2,3)4)24(33)30-39(35,36)22-14-9-8-13-21(22)28-16-10-11-17-31(5)18-12-15-23(32)37-6/h7-9,13-14,20,28H,1,10-12,15-19H2,2-6H3,(H,29,34)(H,30,33)/t20-,27-/m1/s1. The number of anilines is 1. The minimum Gasteiger partial charge on any atom is -0.469 e. The van der Waals surface area contributed by atoms with Crippen LogP contribution in [0.25, 0.3) is 0 Å². The molecule has 3 N–H and O–H groups in total. The van der Waals surface area contributed by atoms with E-state index in [0.717, 1.165) is 32.4 Å². The van der Waals surface area contributed by atoms with E-state index in [-0.39, 0.29) is 17.3 Å². The van der Waals surface area contributed by atoms with Gasteiger partial charge in [-0.25, -0.2) is 17.9 Å². The first-order chi connectivity index (χ1) is 18.2. The van der Waals surface area contributed by atoms with Gasteiger partial charge in [-0.3, -0.25) is 9.59 Å². The summed E-state index contributed by atoms with van der Waals surface area (Å²) in [5.41, 5.74) is -1.85. The van der Waals surface area contributed by atoms with Gasteiger partial charge in [-0.1, -0.05) is 18.2 Å². The number of carbonyl (C=O) groups excluding carboxylic acids is 3. The Kier molecular flexibility index (Phi) is 11.3. The molecule has 11 nitrogen and oxygen atoms in total. The van der Waals surface area contributed by atoms with Crippen LogP contribution in [0.15, 0.2) is 41.8 Å². The van der Waals surface area contributed by atoms with Crippen LogP contribution < -0.4 is 15.4 Å². The van der Waals surface area contributed by atoms with E-state index in [0.29, 0.717) is 18.7 Å². The van der Waals surface area contributed by atoms with Crippen molar-refractivity contribution in [1.82, 2.24) is 14.9 Å². The molecular weight excluding hydrogens is 524 g/mol. The van der Waals surface area contributed by atoms with Gasteiger partial charge in [0.05, 0.1) is 12.8 Å². The third-order valence-electron chi connectivity index (χ3n) is 6.26. The highest BCUT2D eigenvalue weighted by Crippen LogP contribution is 2.45. The minimum absolute atomic E-state index is 0.0681. The average molecular weight is 567 g/mol. The lowest BCUT2D eigenvalue weighted by Gasteiger charge is -2.24. The monoisotopic (exact) mass is 566 g/mol. The van der Waals surface area contributed by atoms with E-state index in [4.69, 9.17) is 4.74 Å². The Morgan fingerprint density at radius 2 is 1.82 bits per heavy atom. The molecule has 1 fully saturated rings. The van der Waals surface area contributed by atoms with Gasteiger partial charge in [-0.2, -0.15) is 0 Å². The van der Waals surface area contributed by atoms with Gasteiger partial charge in [-0.05, 0) is 78.7 Å². The lowest BCUT2D eigenvalue weighted by atomic mass is 10.2. The van der Waals surface area contributed by atoms with Crippen molar-refractivity contribution in [2.75, 3.05) is 39.1 Å². The number of esters is 1. The third kappa shape index (κ3) is 9.85. The molecule has 1 saturated carbocycles. The van der Waals surface area contributed by atoms with Gasteiger partial charge in [0.25, 0.3) is 15.9 Å². The van der Waals surface area contributed by atoms with Crippen LogP contribution in [0.2, 0.25) is 0 Å². The fourth-order valence-corrected chi connectivity index (χ4v) is 5.30. The number of carbonyl (C=O) groups is 3. The number of nitrogens with one attached hydrogen (secondary N) is 3. The number of methoxy groups -OCH3 is 1. The molecule has 0 saturated heterocycles. The highest BCUT2D eigenvalue weighted by molar-refractivity contribution is 7.90. The first-order valence-electron chi connectivity index (χ1n) is 13.0. The maximum absolute atomic E-state index is 13.2. The Hall–Kier alpha value is -3.12. The van der Waals surface area contributed by atoms with E-state index < -0.39 is 39.1 Å². The molecule has 2 atom stereocenters. The van der Waals surface area contributed by atoms with E-state index in [2.05, 4.69) is 31.6 Å². The second kappa shape index (κ2) is 13.8. The van der Waals surface area contributed by atoms with Crippen molar-refractivity contribution < 1.29 is 32.3 Å². The van der Waals surface area contributed by atoms with Crippen molar-refractivity contribution >= 4 is 33.7 Å². The molecule has 1 aliphatic carbocycles. The summed E-state index contributed by atoms with van der Waals surface area (Å²) in [5, 5.41) is 5.69. The molecule has 2 amide bonds. The zero-order chi connectivity index (χ0) is 29.3. The van der Waals surface area contributed by atoms with Gasteiger partial charge in [0, 0.05) is 18.9 Å². The zero-order valence-corrected chi connectivity index (χ0v) is 24.4. The van der Waals surface area contributed by atoms with Crippen molar-refractivity contribution in [3.8, 4) is 0 Å². The molecule has 39 heavy (non-hydrogen) atoms. The quantitative estimate of drug-likeness (QED) is 0.166. The van der Waals surface area contributed by atoms with Gasteiger partial charge in [0.1, 0.15) is 16.0 Å². The Morgan fingerprint density at radius 1 is 1.15 bits per heavy atom. The summed E-state index contributed by atoms with van der Waals surface area (Å²) in [4.78, 5) is 38.8. The Morgan fingerprint density at radius 3 is 2.44 bits per heavy atom. The van der Waals surface area contributed by atoms with Crippen LogP contribution in [0.1, 0.15) is 52.9 Å². The number of rotatable bonds is 15. The number of benzene rings is 1. The molecule has 0 aromatic heterocycles. The molecule has 0 spiro atoms. The number of para-hydroxylation sites is 1. The molecule has 1 aliphatic rings. The highest BCUT2D eigenvalue weighted by Gasteiger charge is 2.61. The van der Waals surface area contributed by atoms with Crippen LogP contribution in [-0.2, 0) is 29.1 Å². The number of alkyl carbamates (subject to hydrolysis) is 1. The van der Waals surface area contributed by atoms with Crippen LogP contribution in [0.3, 0.4) is 0 Å². The molecule has 0 unspecified atom stereocenters. The molecule has 1 aromatic rings. The molecule has 12 heteroatoms.